The number of nitrogens with zero attached hydrogens (tertiary/aromatic N) is 1. The van der Waals surface area contributed by atoms with Crippen LogP contribution in [0.4, 0.5) is 4.79 Å². The third-order valence-electron chi connectivity index (χ3n) is 7.03. The molecule has 0 spiro atoms. The zero-order valence-electron chi connectivity index (χ0n) is 19.7. The maximum absolute atomic E-state index is 13.3. The molecule has 2 aromatic rings. The van der Waals surface area contributed by atoms with Crippen LogP contribution < -0.4 is 14.8 Å². The highest BCUT2D eigenvalue weighted by Gasteiger charge is 2.49. The van der Waals surface area contributed by atoms with Crippen LogP contribution in [-0.4, -0.2) is 41.4 Å². The van der Waals surface area contributed by atoms with E-state index in [1.165, 1.54) is 17.0 Å². The van der Waals surface area contributed by atoms with Crippen molar-refractivity contribution in [3.8, 4) is 11.5 Å². The van der Waals surface area contributed by atoms with Crippen molar-refractivity contribution in [3.05, 3.63) is 64.2 Å². The first kappa shape index (κ1) is 24.1. The first-order valence-corrected chi connectivity index (χ1v) is 12.4. The number of hydrogen-bond donors (Lipinski definition) is 1. The molecule has 3 fully saturated rings. The number of benzene rings is 2. The van der Waals surface area contributed by atoms with Crippen molar-refractivity contribution in [1.82, 2.24) is 10.2 Å². The summed E-state index contributed by atoms with van der Waals surface area (Å²) < 4.78 is 11.2. The predicted octanol–water partition coefficient (Wildman–Crippen LogP) is 4.61. The van der Waals surface area contributed by atoms with Crippen LogP contribution in [0.1, 0.15) is 48.5 Å². The van der Waals surface area contributed by atoms with Crippen LogP contribution in [0.3, 0.4) is 0 Å². The van der Waals surface area contributed by atoms with E-state index >= 15 is 0 Å². The van der Waals surface area contributed by atoms with Crippen molar-refractivity contribution in [2.45, 2.75) is 38.6 Å². The highest BCUT2D eigenvalue weighted by molar-refractivity contribution is 6.31. The van der Waals surface area contributed by atoms with Crippen LogP contribution in [-0.2, 0) is 9.59 Å². The Labute approximate surface area is 213 Å². The van der Waals surface area contributed by atoms with Gasteiger partial charge < -0.3 is 9.47 Å². The third-order valence-corrected chi connectivity index (χ3v) is 7.28. The van der Waals surface area contributed by atoms with Gasteiger partial charge in [0.25, 0.3) is 11.8 Å². The van der Waals surface area contributed by atoms with Gasteiger partial charge in [-0.05, 0) is 86.1 Å². The number of ether oxygens (including phenoxy) is 2. The molecule has 2 saturated carbocycles. The van der Waals surface area contributed by atoms with Crippen LogP contribution in [0.25, 0.3) is 6.08 Å². The lowest BCUT2D eigenvalue weighted by atomic mass is 9.93. The molecular weight excluding hydrogens is 484 g/mol. The number of urea groups is 1. The van der Waals surface area contributed by atoms with Crippen LogP contribution in [0.15, 0.2) is 48.0 Å². The van der Waals surface area contributed by atoms with Gasteiger partial charge in [-0.1, -0.05) is 24.1 Å². The van der Waals surface area contributed by atoms with E-state index in [0.29, 0.717) is 34.6 Å². The van der Waals surface area contributed by atoms with E-state index in [-0.39, 0.29) is 23.1 Å². The summed E-state index contributed by atoms with van der Waals surface area (Å²) in [5.41, 5.74) is 0.694. The second-order valence-corrected chi connectivity index (χ2v) is 9.71. The number of hydrogen-bond acceptors (Lipinski definition) is 6. The van der Waals surface area contributed by atoms with Gasteiger partial charge in [0, 0.05) is 11.1 Å². The van der Waals surface area contributed by atoms with Crippen LogP contribution in [0.2, 0.25) is 5.02 Å². The Balaban J connectivity index is 1.40. The molecule has 0 radical (unpaired) electrons. The average molecular weight is 509 g/mol. The molecule has 4 amide bonds. The van der Waals surface area contributed by atoms with Gasteiger partial charge in [-0.25, -0.2) is 9.59 Å². The van der Waals surface area contributed by atoms with E-state index in [9.17, 15) is 19.2 Å². The van der Waals surface area contributed by atoms with Gasteiger partial charge in [0.1, 0.15) is 5.57 Å². The number of nitrogens with one attached hydrogen (secondary N) is 1. The van der Waals surface area contributed by atoms with E-state index < -0.39 is 23.8 Å². The number of amides is 4. The average Bonchev–Trinajstić information content (AvgIpc) is 3.47. The summed E-state index contributed by atoms with van der Waals surface area (Å²) in [5, 5.41) is 2.82. The molecule has 2 aliphatic carbocycles. The second-order valence-electron chi connectivity index (χ2n) is 9.27. The molecule has 1 N–H and O–H groups in total. The van der Waals surface area contributed by atoms with Crippen molar-refractivity contribution in [3.63, 3.8) is 0 Å². The fraction of sp³-hybridized carbons (Fsp3) is 0.333. The van der Waals surface area contributed by atoms with Gasteiger partial charge in [-0.2, -0.15) is 0 Å². The van der Waals surface area contributed by atoms with Crippen molar-refractivity contribution in [2.24, 2.45) is 11.8 Å². The Bertz CT molecular complexity index is 1270. The molecule has 36 heavy (non-hydrogen) atoms. The summed E-state index contributed by atoms with van der Waals surface area (Å²) in [5.74, 6) is -0.615. The molecule has 1 saturated heterocycles. The van der Waals surface area contributed by atoms with Crippen molar-refractivity contribution >= 4 is 41.5 Å². The number of carbonyl (C=O) groups excluding carboxylic acids is 4. The maximum atomic E-state index is 13.3. The highest BCUT2D eigenvalue weighted by atomic mass is 35.5. The van der Waals surface area contributed by atoms with E-state index in [1.807, 2.05) is 0 Å². The molecule has 2 aromatic carbocycles. The van der Waals surface area contributed by atoms with E-state index in [4.69, 9.17) is 21.1 Å². The zero-order chi connectivity index (χ0) is 25.4. The van der Waals surface area contributed by atoms with Crippen LogP contribution in [0.5, 0.6) is 11.5 Å². The molecule has 1 heterocycles. The van der Waals surface area contributed by atoms with Gasteiger partial charge in [0.2, 0.25) is 0 Å². The normalized spacial score (nSPS) is 24.3. The Morgan fingerprint density at radius 2 is 1.86 bits per heavy atom. The van der Waals surface area contributed by atoms with E-state index in [1.54, 1.807) is 43.3 Å². The summed E-state index contributed by atoms with van der Waals surface area (Å²) in [6.07, 6.45) is 5.35. The quantitative estimate of drug-likeness (QED) is 0.264. The van der Waals surface area contributed by atoms with Gasteiger partial charge >= 0.3 is 12.0 Å². The van der Waals surface area contributed by atoms with E-state index in [0.717, 1.165) is 25.7 Å². The summed E-state index contributed by atoms with van der Waals surface area (Å²) in [6, 6.07) is 10.2. The summed E-state index contributed by atoms with van der Waals surface area (Å²) in [6.45, 7) is 2.09. The number of rotatable bonds is 6. The number of esters is 1. The lowest BCUT2D eigenvalue weighted by Gasteiger charge is -2.35. The third kappa shape index (κ3) is 4.60. The fourth-order valence-electron chi connectivity index (χ4n) is 5.38. The summed E-state index contributed by atoms with van der Waals surface area (Å²) in [7, 11) is 0. The van der Waals surface area contributed by atoms with Crippen LogP contribution >= 0.6 is 11.6 Å². The van der Waals surface area contributed by atoms with Gasteiger partial charge in [-0.15, -0.1) is 0 Å². The second kappa shape index (κ2) is 9.78. The van der Waals surface area contributed by atoms with Crippen molar-refractivity contribution in [2.75, 3.05) is 6.61 Å². The molecule has 0 aromatic heterocycles. The molecular formula is C27H25ClN2O6. The zero-order valence-corrected chi connectivity index (χ0v) is 20.4. The van der Waals surface area contributed by atoms with E-state index in [2.05, 4.69) is 5.32 Å². The monoisotopic (exact) mass is 508 g/mol. The molecule has 9 heteroatoms. The van der Waals surface area contributed by atoms with Crippen molar-refractivity contribution in [1.29, 1.82) is 0 Å². The Morgan fingerprint density at radius 1 is 1.08 bits per heavy atom. The number of carbonyl (C=O) groups is 4. The maximum Gasteiger partial charge on any atom is 0.343 e. The molecule has 3 atom stereocenters. The minimum absolute atomic E-state index is 0.120. The predicted molar refractivity (Wildman–Crippen MR) is 132 cm³/mol. The summed E-state index contributed by atoms with van der Waals surface area (Å²) >= 11 is 5.88. The number of imide groups is 2. The number of halogens is 1. The van der Waals surface area contributed by atoms with Crippen molar-refractivity contribution < 1.29 is 28.7 Å². The standard InChI is InChI=1S/C27H25ClN2O6/c1-2-35-23-14-16(4-10-22(23)36-26(33)17-6-8-19(28)9-7-17)12-20-24(31)29-27(34)30(25(20)32)21-13-15-3-5-18(21)11-15/h4,6-10,12,14-15,18,21H,2-3,5,11,13H2,1H3,(H,29,31,34)/b20-12+/t15-,18-,21+/m0/s1. The smallest absolute Gasteiger partial charge is 0.343 e. The molecule has 8 nitrogen and oxygen atoms in total. The number of barbiturate groups is 1. The number of fused-ring (bicyclic) bond motifs is 2. The fourth-order valence-corrected chi connectivity index (χ4v) is 5.50. The minimum atomic E-state index is -0.736. The summed E-state index contributed by atoms with van der Waals surface area (Å²) in [4.78, 5) is 52.2. The largest absolute Gasteiger partial charge is 0.490 e. The Hall–Kier alpha value is -3.65. The van der Waals surface area contributed by atoms with Gasteiger partial charge in [0.15, 0.2) is 11.5 Å². The molecule has 3 aliphatic rings. The topological polar surface area (TPSA) is 102 Å². The lowest BCUT2D eigenvalue weighted by Crippen LogP contribution is -2.58. The van der Waals surface area contributed by atoms with Gasteiger partial charge in [0.05, 0.1) is 12.2 Å². The molecule has 5 rings (SSSR count). The first-order chi connectivity index (χ1) is 17.3. The van der Waals surface area contributed by atoms with Gasteiger partial charge in [-0.3, -0.25) is 19.8 Å². The Kier molecular flexibility index (Phi) is 6.53. The lowest BCUT2D eigenvalue weighted by molar-refractivity contribution is -0.132. The SMILES string of the molecule is CCOc1cc(/C=C2\C(=O)NC(=O)N([C@@H]3C[C@H]4CC[C@H]3C4)C2=O)ccc1OC(=O)c1ccc(Cl)cc1. The minimum Gasteiger partial charge on any atom is -0.490 e. The molecule has 1 aliphatic heterocycles. The van der Waals surface area contributed by atoms with Crippen LogP contribution in [0, 0.1) is 11.8 Å². The molecule has 0 unspecified atom stereocenters. The highest BCUT2D eigenvalue weighted by Crippen LogP contribution is 2.47. The Morgan fingerprint density at radius 3 is 2.53 bits per heavy atom. The molecule has 186 valence electrons. The first-order valence-electron chi connectivity index (χ1n) is 12.0. The molecule has 2 bridgehead atoms.